The standard InChI is InChI=1S/C14H14F3N3/c15-14(16,17)12-1-3-13(4-2-12)20(18)10-7-11-5-8-19-9-6-11/h1-6,8-9H,7,10,18H2. The highest BCUT2D eigenvalue weighted by Crippen LogP contribution is 2.30. The van der Waals surface area contributed by atoms with E-state index in [2.05, 4.69) is 4.98 Å². The van der Waals surface area contributed by atoms with Crippen molar-refractivity contribution in [1.29, 1.82) is 0 Å². The number of pyridine rings is 1. The number of alkyl halides is 3. The molecule has 0 spiro atoms. The second-order valence-electron chi connectivity index (χ2n) is 4.34. The zero-order valence-electron chi connectivity index (χ0n) is 10.6. The molecular formula is C14H14F3N3. The minimum Gasteiger partial charge on any atom is -0.311 e. The number of nitrogens with zero attached hydrogens (tertiary/aromatic N) is 2. The largest absolute Gasteiger partial charge is 0.416 e. The zero-order chi connectivity index (χ0) is 14.6. The first-order chi connectivity index (χ1) is 9.47. The fraction of sp³-hybridized carbons (Fsp3) is 0.214. The number of halogens is 3. The summed E-state index contributed by atoms with van der Waals surface area (Å²) >= 11 is 0. The number of hydrogen-bond acceptors (Lipinski definition) is 3. The van der Waals surface area contributed by atoms with Crippen LogP contribution in [0.3, 0.4) is 0 Å². The van der Waals surface area contributed by atoms with E-state index in [9.17, 15) is 13.2 Å². The Labute approximate surface area is 114 Å². The van der Waals surface area contributed by atoms with Crippen molar-refractivity contribution in [2.24, 2.45) is 5.84 Å². The molecule has 1 heterocycles. The summed E-state index contributed by atoms with van der Waals surface area (Å²) in [6.45, 7) is 0.509. The third-order valence-electron chi connectivity index (χ3n) is 2.92. The van der Waals surface area contributed by atoms with E-state index in [1.807, 2.05) is 12.1 Å². The summed E-state index contributed by atoms with van der Waals surface area (Å²) in [5.41, 5.74) is 0.943. The molecule has 0 atom stereocenters. The van der Waals surface area contributed by atoms with E-state index in [4.69, 9.17) is 5.84 Å². The van der Waals surface area contributed by atoms with Crippen LogP contribution in [0.5, 0.6) is 0 Å². The normalized spacial score (nSPS) is 11.4. The molecule has 0 radical (unpaired) electrons. The van der Waals surface area contributed by atoms with Gasteiger partial charge in [-0.25, -0.2) is 5.84 Å². The van der Waals surface area contributed by atoms with Crippen molar-refractivity contribution < 1.29 is 13.2 Å². The minimum atomic E-state index is -4.32. The third kappa shape index (κ3) is 3.71. The van der Waals surface area contributed by atoms with Crippen molar-refractivity contribution in [2.45, 2.75) is 12.6 Å². The van der Waals surface area contributed by atoms with Crippen molar-refractivity contribution >= 4 is 5.69 Å². The lowest BCUT2D eigenvalue weighted by Crippen LogP contribution is -2.32. The van der Waals surface area contributed by atoms with Crippen LogP contribution in [0.1, 0.15) is 11.1 Å². The predicted molar refractivity (Wildman–Crippen MR) is 70.9 cm³/mol. The maximum Gasteiger partial charge on any atom is 0.416 e. The van der Waals surface area contributed by atoms with Gasteiger partial charge >= 0.3 is 6.18 Å². The van der Waals surface area contributed by atoms with Gasteiger partial charge in [-0.1, -0.05) is 0 Å². The lowest BCUT2D eigenvalue weighted by atomic mass is 10.1. The van der Waals surface area contributed by atoms with Crippen molar-refractivity contribution in [3.05, 3.63) is 59.9 Å². The van der Waals surface area contributed by atoms with E-state index >= 15 is 0 Å². The molecule has 2 aromatic rings. The van der Waals surface area contributed by atoms with Crippen LogP contribution in [0.2, 0.25) is 0 Å². The Kier molecular flexibility index (Phi) is 4.24. The van der Waals surface area contributed by atoms with Gasteiger partial charge in [0.25, 0.3) is 0 Å². The van der Waals surface area contributed by atoms with Gasteiger partial charge in [0.2, 0.25) is 0 Å². The molecule has 1 aromatic heterocycles. The minimum absolute atomic E-state index is 0.509. The van der Waals surface area contributed by atoms with E-state index < -0.39 is 11.7 Å². The first kappa shape index (κ1) is 14.3. The van der Waals surface area contributed by atoms with Crippen molar-refractivity contribution in [1.82, 2.24) is 4.98 Å². The van der Waals surface area contributed by atoms with Crippen LogP contribution in [-0.4, -0.2) is 11.5 Å². The molecule has 0 aliphatic rings. The molecule has 6 heteroatoms. The topological polar surface area (TPSA) is 42.1 Å². The van der Waals surface area contributed by atoms with E-state index in [0.29, 0.717) is 18.7 Å². The van der Waals surface area contributed by atoms with Crippen molar-refractivity contribution in [3.63, 3.8) is 0 Å². The number of aromatic nitrogens is 1. The zero-order valence-corrected chi connectivity index (χ0v) is 10.6. The monoisotopic (exact) mass is 281 g/mol. The molecule has 0 aliphatic heterocycles. The summed E-state index contributed by atoms with van der Waals surface area (Å²) in [6, 6.07) is 8.55. The van der Waals surface area contributed by atoms with Gasteiger partial charge in [0, 0.05) is 18.9 Å². The van der Waals surface area contributed by atoms with Crippen LogP contribution in [-0.2, 0) is 12.6 Å². The number of hydrogen-bond donors (Lipinski definition) is 1. The molecule has 106 valence electrons. The van der Waals surface area contributed by atoms with E-state index in [1.165, 1.54) is 17.1 Å². The quantitative estimate of drug-likeness (QED) is 0.692. The van der Waals surface area contributed by atoms with E-state index in [-0.39, 0.29) is 0 Å². The third-order valence-corrected chi connectivity index (χ3v) is 2.92. The lowest BCUT2D eigenvalue weighted by molar-refractivity contribution is -0.137. The molecule has 20 heavy (non-hydrogen) atoms. The molecule has 0 amide bonds. The molecule has 3 nitrogen and oxygen atoms in total. The van der Waals surface area contributed by atoms with Gasteiger partial charge in [-0.3, -0.25) is 4.98 Å². The van der Waals surface area contributed by atoms with Crippen LogP contribution in [0.4, 0.5) is 18.9 Å². The van der Waals surface area contributed by atoms with E-state index in [1.54, 1.807) is 12.4 Å². The fourth-order valence-corrected chi connectivity index (χ4v) is 1.77. The Balaban J connectivity index is 1.97. The molecule has 0 saturated heterocycles. The number of rotatable bonds is 4. The Hall–Kier alpha value is -2.08. The van der Waals surface area contributed by atoms with Gasteiger partial charge < -0.3 is 5.01 Å². The Bertz CT molecular complexity index is 538. The van der Waals surface area contributed by atoms with Gasteiger partial charge in [-0.15, -0.1) is 0 Å². The van der Waals surface area contributed by atoms with Gasteiger partial charge in [0.05, 0.1) is 11.3 Å². The number of anilines is 1. The average molecular weight is 281 g/mol. The second kappa shape index (κ2) is 5.92. The second-order valence-corrected chi connectivity index (χ2v) is 4.34. The van der Waals surface area contributed by atoms with Crippen LogP contribution in [0.15, 0.2) is 48.8 Å². The molecular weight excluding hydrogens is 267 g/mol. The summed E-state index contributed by atoms with van der Waals surface area (Å²) in [4.78, 5) is 3.91. The SMILES string of the molecule is NN(CCc1ccncc1)c1ccc(C(F)(F)F)cc1. The molecule has 0 aliphatic carbocycles. The molecule has 0 saturated carbocycles. The Morgan fingerprint density at radius 2 is 1.60 bits per heavy atom. The molecule has 0 unspecified atom stereocenters. The van der Waals surface area contributed by atoms with Crippen LogP contribution >= 0.6 is 0 Å². The van der Waals surface area contributed by atoms with Gasteiger partial charge in [-0.05, 0) is 48.4 Å². The maximum absolute atomic E-state index is 12.4. The lowest BCUT2D eigenvalue weighted by Gasteiger charge is -2.19. The van der Waals surface area contributed by atoms with Crippen molar-refractivity contribution in [3.8, 4) is 0 Å². The van der Waals surface area contributed by atoms with Crippen LogP contribution < -0.4 is 10.9 Å². The molecule has 2 N–H and O–H groups in total. The summed E-state index contributed by atoms with van der Waals surface area (Å²) < 4.78 is 37.3. The predicted octanol–water partition coefficient (Wildman–Crippen LogP) is 3.02. The van der Waals surface area contributed by atoms with Gasteiger partial charge in [0.15, 0.2) is 0 Å². The highest BCUT2D eigenvalue weighted by atomic mass is 19.4. The fourth-order valence-electron chi connectivity index (χ4n) is 1.77. The van der Waals surface area contributed by atoms with Gasteiger partial charge in [-0.2, -0.15) is 13.2 Å². The van der Waals surface area contributed by atoms with Crippen molar-refractivity contribution in [2.75, 3.05) is 11.6 Å². The smallest absolute Gasteiger partial charge is 0.311 e. The average Bonchev–Trinajstić information content (AvgIpc) is 2.45. The molecule has 0 fully saturated rings. The highest BCUT2D eigenvalue weighted by Gasteiger charge is 2.30. The number of benzene rings is 1. The maximum atomic E-state index is 12.4. The number of nitrogens with two attached hydrogens (primary N) is 1. The number of hydrazine groups is 1. The molecule has 2 rings (SSSR count). The molecule has 0 bridgehead atoms. The summed E-state index contributed by atoms with van der Waals surface area (Å²) in [6.07, 6.45) is -0.252. The van der Waals surface area contributed by atoms with Crippen LogP contribution in [0, 0.1) is 0 Å². The first-order valence-electron chi connectivity index (χ1n) is 6.05. The summed E-state index contributed by atoms with van der Waals surface area (Å²) in [5.74, 6) is 5.84. The van der Waals surface area contributed by atoms with Gasteiger partial charge in [0.1, 0.15) is 0 Å². The first-order valence-corrected chi connectivity index (χ1v) is 6.05. The van der Waals surface area contributed by atoms with Crippen LogP contribution in [0.25, 0.3) is 0 Å². The highest BCUT2D eigenvalue weighted by molar-refractivity contribution is 5.46. The summed E-state index contributed by atoms with van der Waals surface area (Å²) in [7, 11) is 0. The Morgan fingerprint density at radius 3 is 2.15 bits per heavy atom. The summed E-state index contributed by atoms with van der Waals surface area (Å²) in [5, 5.41) is 1.43. The molecule has 1 aromatic carbocycles. The van der Waals surface area contributed by atoms with E-state index in [0.717, 1.165) is 17.7 Å². The Morgan fingerprint density at radius 1 is 1.00 bits per heavy atom.